The van der Waals surface area contributed by atoms with Crippen molar-refractivity contribution >= 4 is 0 Å². The highest BCUT2D eigenvalue weighted by Gasteiger charge is 2.33. The van der Waals surface area contributed by atoms with E-state index >= 15 is 0 Å². The Morgan fingerprint density at radius 3 is 2.50 bits per heavy atom. The van der Waals surface area contributed by atoms with E-state index in [0.717, 1.165) is 6.61 Å². The molecule has 1 aliphatic rings. The van der Waals surface area contributed by atoms with Crippen LogP contribution in [0.25, 0.3) is 0 Å². The fourth-order valence-corrected chi connectivity index (χ4v) is 0.685. The molecule has 0 aromatic heterocycles. The summed E-state index contributed by atoms with van der Waals surface area (Å²) in [6, 6.07) is 0. The van der Waals surface area contributed by atoms with Gasteiger partial charge in [0.15, 0.2) is 6.61 Å². The predicted octanol–water partition coefficient (Wildman–Crippen LogP) is -1.23. The number of ether oxygens (including phenoxy) is 1. The average Bonchev–Trinajstić information content (AvgIpc) is 1.93. The normalized spacial score (nSPS) is 41.1. The summed E-state index contributed by atoms with van der Waals surface area (Å²) in [4.78, 5) is 0. The van der Waals surface area contributed by atoms with Crippen LogP contribution in [-0.2, 0) is 4.74 Å². The van der Waals surface area contributed by atoms with Crippen LogP contribution in [0.3, 0.4) is 0 Å². The van der Waals surface area contributed by atoms with Gasteiger partial charge in [0.1, 0.15) is 24.1 Å². The molecule has 1 aliphatic heterocycles. The third-order valence-corrected chi connectivity index (χ3v) is 1.36. The molecule has 0 aromatic carbocycles. The van der Waals surface area contributed by atoms with Crippen molar-refractivity contribution in [3.05, 3.63) is 18.9 Å². The number of aliphatic hydroxyl groups is 3. The molecule has 10 heavy (non-hydrogen) atoms. The van der Waals surface area contributed by atoms with E-state index < -0.39 is 18.3 Å². The maximum absolute atomic E-state index is 8.96. The third-order valence-electron chi connectivity index (χ3n) is 1.36. The van der Waals surface area contributed by atoms with Crippen molar-refractivity contribution in [3.8, 4) is 0 Å². The molecule has 1 radical (unpaired) electrons. The van der Waals surface area contributed by atoms with Crippen LogP contribution in [0, 0.1) is 6.61 Å². The van der Waals surface area contributed by atoms with Gasteiger partial charge in [-0.25, -0.2) is 0 Å². The lowest BCUT2D eigenvalue weighted by Crippen LogP contribution is -2.43. The Labute approximate surface area is 58.4 Å². The predicted molar refractivity (Wildman–Crippen MR) is 32.5 cm³/mol. The third kappa shape index (κ3) is 1.13. The van der Waals surface area contributed by atoms with Crippen LogP contribution < -0.4 is 0 Å². The first-order valence-electron chi connectivity index (χ1n) is 2.86. The van der Waals surface area contributed by atoms with Crippen LogP contribution in [0.1, 0.15) is 0 Å². The molecule has 4 nitrogen and oxygen atoms in total. The number of hydrogen-bond donors (Lipinski definition) is 3. The van der Waals surface area contributed by atoms with Gasteiger partial charge < -0.3 is 20.1 Å². The molecule has 1 fully saturated rings. The van der Waals surface area contributed by atoms with Crippen molar-refractivity contribution in [1.82, 2.24) is 0 Å². The summed E-state index contributed by atoms with van der Waals surface area (Å²) < 4.78 is 4.59. The zero-order valence-corrected chi connectivity index (χ0v) is 5.27. The lowest BCUT2D eigenvalue weighted by molar-refractivity contribution is -0.0939. The summed E-state index contributed by atoms with van der Waals surface area (Å²) in [6.07, 6.45) is -3.55. The molecule has 0 spiro atoms. The number of hydrogen-bond acceptors (Lipinski definition) is 4. The van der Waals surface area contributed by atoms with Crippen LogP contribution in [0.15, 0.2) is 12.3 Å². The lowest BCUT2D eigenvalue weighted by atomic mass is 10.1. The second kappa shape index (κ2) is 2.57. The summed E-state index contributed by atoms with van der Waals surface area (Å²) in [5, 5.41) is 26.7. The Kier molecular flexibility index (Phi) is 1.94. The number of rotatable bonds is 0. The van der Waals surface area contributed by atoms with Gasteiger partial charge in [-0.15, -0.1) is 0 Å². The average molecular weight is 145 g/mol. The van der Waals surface area contributed by atoms with E-state index in [-0.39, 0.29) is 5.76 Å². The zero-order chi connectivity index (χ0) is 7.72. The fraction of sp³-hybridized carbons (Fsp3) is 0.500. The van der Waals surface area contributed by atoms with Crippen LogP contribution in [0.4, 0.5) is 0 Å². The molecular formula is C6H9O4. The number of aliphatic hydroxyl groups excluding tert-OH is 3. The summed E-state index contributed by atoms with van der Waals surface area (Å²) in [7, 11) is 0. The van der Waals surface area contributed by atoms with Crippen molar-refractivity contribution in [2.75, 3.05) is 0 Å². The highest BCUT2D eigenvalue weighted by Crippen LogP contribution is 2.19. The summed E-state index contributed by atoms with van der Waals surface area (Å²) in [5.74, 6) is 0.0535. The molecule has 0 aliphatic carbocycles. The summed E-state index contributed by atoms with van der Waals surface area (Å²) in [6.45, 7) is 4.33. The molecule has 3 atom stereocenters. The van der Waals surface area contributed by atoms with E-state index in [1.54, 1.807) is 0 Å². The van der Waals surface area contributed by atoms with Gasteiger partial charge >= 0.3 is 0 Å². The standard InChI is InChI=1S/C6H9O4/c1-3-5(8)6(9)4(7)2-10-3/h2,4-9H,1H2/t4-,5+,6+/m0/s1. The molecule has 0 saturated carbocycles. The Morgan fingerprint density at radius 1 is 1.40 bits per heavy atom. The molecule has 1 heterocycles. The van der Waals surface area contributed by atoms with Crippen molar-refractivity contribution in [1.29, 1.82) is 0 Å². The van der Waals surface area contributed by atoms with E-state index in [1.807, 2.05) is 0 Å². The second-order valence-electron chi connectivity index (χ2n) is 2.15. The van der Waals surface area contributed by atoms with Gasteiger partial charge in [-0.05, 0) is 0 Å². The summed E-state index contributed by atoms with van der Waals surface area (Å²) in [5.41, 5.74) is 0. The molecular weight excluding hydrogens is 136 g/mol. The molecule has 57 valence electrons. The first kappa shape index (κ1) is 7.53. The molecule has 0 unspecified atom stereocenters. The monoisotopic (exact) mass is 145 g/mol. The van der Waals surface area contributed by atoms with Crippen molar-refractivity contribution < 1.29 is 20.1 Å². The topological polar surface area (TPSA) is 69.9 Å². The Bertz CT molecular complexity index is 145. The van der Waals surface area contributed by atoms with Crippen LogP contribution in [-0.4, -0.2) is 33.6 Å². The maximum Gasteiger partial charge on any atom is 0.166 e. The van der Waals surface area contributed by atoms with Crippen LogP contribution in [0.2, 0.25) is 0 Å². The smallest absolute Gasteiger partial charge is 0.166 e. The molecule has 3 N–H and O–H groups in total. The van der Waals surface area contributed by atoms with Crippen LogP contribution in [0.5, 0.6) is 0 Å². The van der Waals surface area contributed by atoms with Gasteiger partial charge in [0.25, 0.3) is 0 Å². The van der Waals surface area contributed by atoms with Crippen molar-refractivity contribution in [3.63, 3.8) is 0 Å². The molecule has 0 amide bonds. The summed E-state index contributed by atoms with van der Waals surface area (Å²) >= 11 is 0. The maximum atomic E-state index is 8.96. The van der Waals surface area contributed by atoms with E-state index in [9.17, 15) is 0 Å². The first-order valence-corrected chi connectivity index (χ1v) is 2.86. The first-order chi connectivity index (χ1) is 4.63. The Balaban J connectivity index is 2.60. The Morgan fingerprint density at radius 2 is 2.00 bits per heavy atom. The van der Waals surface area contributed by atoms with E-state index in [0.29, 0.717) is 0 Å². The van der Waals surface area contributed by atoms with Gasteiger partial charge in [-0.3, -0.25) is 0 Å². The van der Waals surface area contributed by atoms with Gasteiger partial charge in [0.05, 0.1) is 0 Å². The largest absolute Gasteiger partial charge is 0.486 e. The highest BCUT2D eigenvalue weighted by molar-refractivity contribution is 5.04. The second-order valence-corrected chi connectivity index (χ2v) is 2.15. The molecule has 4 heteroatoms. The van der Waals surface area contributed by atoms with Crippen molar-refractivity contribution in [2.45, 2.75) is 18.3 Å². The van der Waals surface area contributed by atoms with Gasteiger partial charge in [-0.2, -0.15) is 0 Å². The minimum Gasteiger partial charge on any atom is -0.486 e. The molecule has 1 saturated heterocycles. The van der Waals surface area contributed by atoms with E-state index in [4.69, 9.17) is 15.3 Å². The van der Waals surface area contributed by atoms with Gasteiger partial charge in [0, 0.05) is 0 Å². The minimum absolute atomic E-state index is 0.0535. The van der Waals surface area contributed by atoms with Crippen LogP contribution >= 0.6 is 0 Å². The molecule has 1 rings (SSSR count). The van der Waals surface area contributed by atoms with Crippen molar-refractivity contribution in [2.24, 2.45) is 0 Å². The Hall–Kier alpha value is -0.580. The zero-order valence-electron chi connectivity index (χ0n) is 5.27. The quantitative estimate of drug-likeness (QED) is 0.399. The molecule has 0 aromatic rings. The van der Waals surface area contributed by atoms with Gasteiger partial charge in [0.2, 0.25) is 0 Å². The fourth-order valence-electron chi connectivity index (χ4n) is 0.685. The highest BCUT2D eigenvalue weighted by atomic mass is 16.5. The minimum atomic E-state index is -1.22. The lowest BCUT2D eigenvalue weighted by Gasteiger charge is -2.29. The molecule has 0 bridgehead atoms. The van der Waals surface area contributed by atoms with E-state index in [2.05, 4.69) is 11.3 Å². The van der Waals surface area contributed by atoms with E-state index in [1.165, 1.54) is 0 Å². The SMILES string of the molecule is C=C1O[CH][C@H](O)[C@@H](O)[C@@H]1O. The van der Waals surface area contributed by atoms with Gasteiger partial charge in [-0.1, -0.05) is 6.58 Å².